The van der Waals surface area contributed by atoms with Crippen molar-refractivity contribution in [3.8, 4) is 0 Å². The van der Waals surface area contributed by atoms with Crippen LogP contribution in [0.25, 0.3) is 10.9 Å². The largest absolute Gasteiger partial charge is 0.360 e. The first kappa shape index (κ1) is 16.3. The molecule has 1 aromatic carbocycles. The summed E-state index contributed by atoms with van der Waals surface area (Å²) in [6, 6.07) is 4.97. The molecular formula is C20H28N2O. The number of hydrogen-bond donors (Lipinski definition) is 1. The van der Waals surface area contributed by atoms with E-state index in [9.17, 15) is 4.79 Å². The van der Waals surface area contributed by atoms with Crippen molar-refractivity contribution in [1.82, 2.24) is 9.88 Å². The zero-order valence-electron chi connectivity index (χ0n) is 14.6. The summed E-state index contributed by atoms with van der Waals surface area (Å²) in [5.41, 5.74) is 4.73. The lowest BCUT2D eigenvalue weighted by molar-refractivity contribution is 0.112. The van der Waals surface area contributed by atoms with Crippen molar-refractivity contribution in [2.75, 3.05) is 13.1 Å². The third-order valence-corrected chi connectivity index (χ3v) is 5.02. The zero-order valence-corrected chi connectivity index (χ0v) is 14.6. The summed E-state index contributed by atoms with van der Waals surface area (Å²) in [4.78, 5) is 17.3. The van der Waals surface area contributed by atoms with Gasteiger partial charge < -0.3 is 4.98 Å². The number of nitrogens with zero attached hydrogens (tertiary/aromatic N) is 1. The number of aromatic amines is 1. The number of aryl methyl sites for hydroxylation is 1. The Morgan fingerprint density at radius 1 is 1.39 bits per heavy atom. The van der Waals surface area contributed by atoms with Gasteiger partial charge in [-0.25, -0.2) is 0 Å². The maximum atomic E-state index is 11.4. The van der Waals surface area contributed by atoms with Crippen molar-refractivity contribution >= 4 is 17.2 Å². The van der Waals surface area contributed by atoms with Gasteiger partial charge in [-0.2, -0.15) is 0 Å². The standard InChI is InChI=1S/C20H28N2O/c1-4-9-22(12-14(2)3)17-7-5-15-6-8-19-20(18(15)10-17)16(13-23)11-21-19/h6,8,11,13-14,17,21H,4-5,7,9-10,12H2,1-3H3/t17-/m1/s1. The third-order valence-electron chi connectivity index (χ3n) is 5.02. The summed E-state index contributed by atoms with van der Waals surface area (Å²) in [6.45, 7) is 9.20. The number of carbonyl (C=O) groups excluding carboxylic acids is 1. The predicted octanol–water partition coefficient (Wildman–Crippen LogP) is 4.21. The molecule has 1 atom stereocenters. The highest BCUT2D eigenvalue weighted by molar-refractivity contribution is 5.99. The highest BCUT2D eigenvalue weighted by Gasteiger charge is 2.26. The van der Waals surface area contributed by atoms with Crippen molar-refractivity contribution in [2.45, 2.75) is 52.5 Å². The van der Waals surface area contributed by atoms with Crippen molar-refractivity contribution in [3.05, 3.63) is 35.0 Å². The van der Waals surface area contributed by atoms with E-state index in [2.05, 4.69) is 42.8 Å². The Labute approximate surface area is 139 Å². The monoisotopic (exact) mass is 312 g/mol. The zero-order chi connectivity index (χ0) is 16.4. The molecule has 124 valence electrons. The number of carbonyl (C=O) groups is 1. The number of aromatic nitrogens is 1. The van der Waals surface area contributed by atoms with E-state index in [0.29, 0.717) is 12.0 Å². The van der Waals surface area contributed by atoms with Crippen molar-refractivity contribution in [2.24, 2.45) is 5.92 Å². The number of rotatable bonds is 6. The first-order valence-electron chi connectivity index (χ1n) is 8.95. The average Bonchev–Trinajstić information content (AvgIpc) is 2.97. The predicted molar refractivity (Wildman–Crippen MR) is 96.2 cm³/mol. The van der Waals surface area contributed by atoms with Crippen LogP contribution < -0.4 is 0 Å². The molecule has 23 heavy (non-hydrogen) atoms. The third kappa shape index (κ3) is 3.20. The van der Waals surface area contributed by atoms with Gasteiger partial charge in [0.05, 0.1) is 0 Å². The molecule has 1 aliphatic carbocycles. The van der Waals surface area contributed by atoms with Gasteiger partial charge in [0.2, 0.25) is 0 Å². The Balaban J connectivity index is 1.94. The van der Waals surface area contributed by atoms with Gasteiger partial charge in [-0.3, -0.25) is 9.69 Å². The fourth-order valence-electron chi connectivity index (χ4n) is 4.08. The molecule has 3 rings (SSSR count). The second-order valence-corrected chi connectivity index (χ2v) is 7.27. The van der Waals surface area contributed by atoms with Crippen LogP contribution in [0.5, 0.6) is 0 Å². The SMILES string of the molecule is CCCN(CC(C)C)[C@@H]1CCc2ccc3[nH]cc(C=O)c3c2C1. The van der Waals surface area contributed by atoms with E-state index >= 15 is 0 Å². The lowest BCUT2D eigenvalue weighted by Gasteiger charge is -2.36. The maximum absolute atomic E-state index is 11.4. The van der Waals surface area contributed by atoms with Gasteiger partial charge in [0.25, 0.3) is 0 Å². The molecule has 0 aliphatic heterocycles. The van der Waals surface area contributed by atoms with Crippen LogP contribution in [0, 0.1) is 5.92 Å². The van der Waals surface area contributed by atoms with E-state index in [-0.39, 0.29) is 0 Å². The summed E-state index contributed by atoms with van der Waals surface area (Å²) in [7, 11) is 0. The summed E-state index contributed by atoms with van der Waals surface area (Å²) in [5.74, 6) is 0.691. The highest BCUT2D eigenvalue weighted by Crippen LogP contribution is 2.32. The molecular weight excluding hydrogens is 284 g/mol. The fourth-order valence-corrected chi connectivity index (χ4v) is 4.08. The Kier molecular flexibility index (Phi) is 4.86. The molecule has 0 unspecified atom stereocenters. The summed E-state index contributed by atoms with van der Waals surface area (Å²) >= 11 is 0. The molecule has 0 bridgehead atoms. The molecule has 0 amide bonds. The van der Waals surface area contributed by atoms with Crippen LogP contribution in [0.2, 0.25) is 0 Å². The van der Waals surface area contributed by atoms with E-state index in [1.165, 1.54) is 30.5 Å². The molecule has 1 N–H and O–H groups in total. The van der Waals surface area contributed by atoms with Gasteiger partial charge >= 0.3 is 0 Å². The van der Waals surface area contributed by atoms with Crippen LogP contribution in [-0.2, 0) is 12.8 Å². The molecule has 0 fully saturated rings. The quantitative estimate of drug-likeness (QED) is 0.811. The molecule has 0 spiro atoms. The molecule has 1 aromatic heterocycles. The Morgan fingerprint density at radius 2 is 2.22 bits per heavy atom. The van der Waals surface area contributed by atoms with Gasteiger partial charge in [0, 0.05) is 35.2 Å². The summed E-state index contributed by atoms with van der Waals surface area (Å²) in [5, 5.41) is 1.16. The molecule has 0 saturated carbocycles. The minimum Gasteiger partial charge on any atom is -0.360 e. The van der Waals surface area contributed by atoms with Crippen LogP contribution in [0.15, 0.2) is 18.3 Å². The number of benzene rings is 1. The molecule has 1 heterocycles. The van der Waals surface area contributed by atoms with Crippen LogP contribution in [0.3, 0.4) is 0 Å². The highest BCUT2D eigenvalue weighted by atomic mass is 16.1. The molecule has 0 saturated heterocycles. The van der Waals surface area contributed by atoms with Gasteiger partial charge in [-0.15, -0.1) is 0 Å². The molecule has 3 heteroatoms. The normalized spacial score (nSPS) is 17.9. The van der Waals surface area contributed by atoms with E-state index < -0.39 is 0 Å². The summed E-state index contributed by atoms with van der Waals surface area (Å²) in [6.07, 6.45) is 7.45. The average molecular weight is 312 g/mol. The second kappa shape index (κ2) is 6.88. The van der Waals surface area contributed by atoms with Gasteiger partial charge in [0.15, 0.2) is 6.29 Å². The van der Waals surface area contributed by atoms with Crippen molar-refractivity contribution in [3.63, 3.8) is 0 Å². The van der Waals surface area contributed by atoms with Crippen LogP contribution in [0.4, 0.5) is 0 Å². The number of nitrogens with one attached hydrogen (secondary N) is 1. The maximum Gasteiger partial charge on any atom is 0.152 e. The first-order chi connectivity index (χ1) is 11.1. The Bertz CT molecular complexity index is 686. The van der Waals surface area contributed by atoms with Crippen molar-refractivity contribution < 1.29 is 4.79 Å². The molecule has 1 aliphatic rings. The van der Waals surface area contributed by atoms with Gasteiger partial charge in [-0.05, 0) is 55.3 Å². The lowest BCUT2D eigenvalue weighted by Crippen LogP contribution is -2.41. The van der Waals surface area contributed by atoms with Crippen LogP contribution in [-0.4, -0.2) is 35.3 Å². The molecule has 0 radical (unpaired) electrons. The van der Waals surface area contributed by atoms with E-state index in [1.54, 1.807) is 0 Å². The van der Waals surface area contributed by atoms with Gasteiger partial charge in [0.1, 0.15) is 0 Å². The minimum atomic E-state index is 0.602. The number of fused-ring (bicyclic) bond motifs is 3. The lowest BCUT2D eigenvalue weighted by atomic mass is 9.84. The fraction of sp³-hybridized carbons (Fsp3) is 0.550. The Hall–Kier alpha value is -1.61. The second-order valence-electron chi connectivity index (χ2n) is 7.27. The number of aldehydes is 1. The Morgan fingerprint density at radius 3 is 2.91 bits per heavy atom. The van der Waals surface area contributed by atoms with E-state index in [1.807, 2.05) is 6.20 Å². The minimum absolute atomic E-state index is 0.602. The number of H-pyrrole nitrogens is 1. The first-order valence-corrected chi connectivity index (χ1v) is 8.95. The van der Waals surface area contributed by atoms with Crippen molar-refractivity contribution in [1.29, 1.82) is 0 Å². The number of hydrogen-bond acceptors (Lipinski definition) is 2. The van der Waals surface area contributed by atoms with E-state index in [4.69, 9.17) is 0 Å². The smallest absolute Gasteiger partial charge is 0.152 e. The molecule has 2 aromatic rings. The summed E-state index contributed by atoms with van der Waals surface area (Å²) < 4.78 is 0. The van der Waals surface area contributed by atoms with Crippen LogP contribution in [0.1, 0.15) is 55.1 Å². The van der Waals surface area contributed by atoms with Crippen LogP contribution >= 0.6 is 0 Å². The topological polar surface area (TPSA) is 36.1 Å². The molecule has 3 nitrogen and oxygen atoms in total. The van der Waals surface area contributed by atoms with E-state index in [0.717, 1.165) is 42.1 Å². The van der Waals surface area contributed by atoms with Gasteiger partial charge in [-0.1, -0.05) is 26.8 Å².